The number of carbonyl (C=O) groups is 2. The molecule has 0 bridgehead atoms. The van der Waals surface area contributed by atoms with E-state index < -0.39 is 5.60 Å². The van der Waals surface area contributed by atoms with Crippen molar-refractivity contribution in [2.24, 2.45) is 0 Å². The molecule has 0 atom stereocenters. The normalized spacial score (nSPS) is 10.6. The highest BCUT2D eigenvalue weighted by Crippen LogP contribution is 2.06. The van der Waals surface area contributed by atoms with Gasteiger partial charge in [0.1, 0.15) is 11.2 Å². The van der Waals surface area contributed by atoms with Gasteiger partial charge in [0.15, 0.2) is 0 Å². The molecule has 0 fully saturated rings. The van der Waals surface area contributed by atoms with Crippen LogP contribution in [0, 0.1) is 0 Å². The number of ether oxygens (including phenoxy) is 2. The third kappa shape index (κ3) is 18.5. The van der Waals surface area contributed by atoms with Crippen LogP contribution in [0.15, 0.2) is 12.7 Å². The fourth-order valence-corrected chi connectivity index (χ4v) is 0.488. The summed E-state index contributed by atoms with van der Waals surface area (Å²) in [7, 11) is 0. The summed E-state index contributed by atoms with van der Waals surface area (Å²) in [5, 5.41) is 0. The van der Waals surface area contributed by atoms with Crippen LogP contribution in [0.3, 0.4) is 0 Å². The SMILES string of the molecule is C=CC(=O)OC(C)(C)C.CC(C)(C)OC=O. The third-order valence-electron chi connectivity index (χ3n) is 0.975. The Balaban J connectivity index is 0. The minimum atomic E-state index is -0.398. The molecule has 0 heterocycles. The summed E-state index contributed by atoms with van der Waals surface area (Å²) in [6.45, 7) is 14.6. The van der Waals surface area contributed by atoms with Gasteiger partial charge in [-0.15, -0.1) is 0 Å². The molecule has 0 aliphatic rings. The van der Waals surface area contributed by atoms with Crippen molar-refractivity contribution in [3.63, 3.8) is 0 Å². The number of hydrogen-bond donors (Lipinski definition) is 0. The van der Waals surface area contributed by atoms with Crippen LogP contribution in [0.25, 0.3) is 0 Å². The number of esters is 1. The van der Waals surface area contributed by atoms with E-state index in [1.54, 1.807) is 0 Å². The molecule has 0 saturated carbocycles. The van der Waals surface area contributed by atoms with Crippen molar-refractivity contribution < 1.29 is 19.1 Å². The van der Waals surface area contributed by atoms with Crippen molar-refractivity contribution >= 4 is 12.4 Å². The summed E-state index contributed by atoms with van der Waals surface area (Å²) >= 11 is 0. The summed E-state index contributed by atoms with van der Waals surface area (Å²) in [5.74, 6) is -0.373. The lowest BCUT2D eigenvalue weighted by Crippen LogP contribution is -2.22. The Labute approximate surface area is 97.6 Å². The van der Waals surface area contributed by atoms with Gasteiger partial charge in [0.05, 0.1) is 0 Å². The van der Waals surface area contributed by atoms with Gasteiger partial charge in [0, 0.05) is 6.08 Å². The molecular formula is C12H22O4. The van der Waals surface area contributed by atoms with Crippen LogP contribution < -0.4 is 0 Å². The van der Waals surface area contributed by atoms with E-state index in [1.165, 1.54) is 0 Å². The zero-order valence-corrected chi connectivity index (χ0v) is 11.0. The number of rotatable bonds is 2. The average molecular weight is 230 g/mol. The molecule has 0 aliphatic heterocycles. The van der Waals surface area contributed by atoms with Crippen LogP contribution in [0.1, 0.15) is 41.5 Å². The smallest absolute Gasteiger partial charge is 0.330 e. The molecule has 0 amide bonds. The Bertz CT molecular complexity index is 230. The van der Waals surface area contributed by atoms with E-state index in [9.17, 15) is 9.59 Å². The molecule has 0 N–H and O–H groups in total. The maximum Gasteiger partial charge on any atom is 0.330 e. The molecule has 0 aromatic carbocycles. The van der Waals surface area contributed by atoms with E-state index in [-0.39, 0.29) is 11.6 Å². The van der Waals surface area contributed by atoms with Crippen molar-refractivity contribution in [1.82, 2.24) is 0 Å². The molecule has 0 aromatic rings. The van der Waals surface area contributed by atoms with E-state index in [0.29, 0.717) is 6.47 Å². The molecule has 0 radical (unpaired) electrons. The van der Waals surface area contributed by atoms with Crippen molar-refractivity contribution in [3.8, 4) is 0 Å². The molecule has 0 unspecified atom stereocenters. The standard InChI is InChI=1S/C7H12O2.C5H10O2/c1-5-6(8)9-7(2,3)4;1-5(2,3)7-4-6/h5H,1H2,2-4H3;4H,1-3H3. The molecule has 0 spiro atoms. The first-order chi connectivity index (χ1) is 7.02. The maximum absolute atomic E-state index is 10.5. The minimum Gasteiger partial charge on any atom is -0.462 e. The number of hydrogen-bond acceptors (Lipinski definition) is 4. The fourth-order valence-electron chi connectivity index (χ4n) is 0.488. The lowest BCUT2D eigenvalue weighted by Gasteiger charge is -2.17. The summed E-state index contributed by atoms with van der Waals surface area (Å²) in [4.78, 5) is 20.1. The molecule has 16 heavy (non-hydrogen) atoms. The first-order valence-corrected chi connectivity index (χ1v) is 4.98. The molecule has 0 aromatic heterocycles. The summed E-state index contributed by atoms with van der Waals surface area (Å²) in [6, 6.07) is 0. The van der Waals surface area contributed by atoms with Gasteiger partial charge in [0.2, 0.25) is 0 Å². The second kappa shape index (κ2) is 7.04. The fraction of sp³-hybridized carbons (Fsp3) is 0.667. The first kappa shape index (κ1) is 17.1. The van der Waals surface area contributed by atoms with E-state index in [2.05, 4.69) is 11.3 Å². The largest absolute Gasteiger partial charge is 0.462 e. The highest BCUT2D eigenvalue weighted by atomic mass is 16.6. The Morgan fingerprint density at radius 3 is 1.56 bits per heavy atom. The van der Waals surface area contributed by atoms with Gasteiger partial charge >= 0.3 is 5.97 Å². The van der Waals surface area contributed by atoms with Crippen LogP contribution >= 0.6 is 0 Å². The van der Waals surface area contributed by atoms with Gasteiger partial charge in [-0.25, -0.2) is 4.79 Å². The Kier molecular flexibility index (Phi) is 7.51. The van der Waals surface area contributed by atoms with E-state index in [1.807, 2.05) is 41.5 Å². The van der Waals surface area contributed by atoms with Gasteiger partial charge in [-0.1, -0.05) is 6.58 Å². The van der Waals surface area contributed by atoms with Crippen molar-refractivity contribution in [2.45, 2.75) is 52.7 Å². The lowest BCUT2D eigenvalue weighted by atomic mass is 10.2. The van der Waals surface area contributed by atoms with Gasteiger partial charge in [0.25, 0.3) is 6.47 Å². The highest BCUT2D eigenvalue weighted by molar-refractivity contribution is 5.81. The summed E-state index contributed by atoms with van der Waals surface area (Å²) < 4.78 is 9.38. The Morgan fingerprint density at radius 2 is 1.50 bits per heavy atom. The van der Waals surface area contributed by atoms with Crippen LogP contribution in [0.4, 0.5) is 0 Å². The van der Waals surface area contributed by atoms with Gasteiger partial charge in [-0.2, -0.15) is 0 Å². The third-order valence-corrected chi connectivity index (χ3v) is 0.975. The van der Waals surface area contributed by atoms with Crippen LogP contribution in [0.2, 0.25) is 0 Å². The molecule has 0 saturated heterocycles. The van der Waals surface area contributed by atoms with Gasteiger partial charge in [-0.3, -0.25) is 4.79 Å². The maximum atomic E-state index is 10.5. The molecule has 4 heteroatoms. The van der Waals surface area contributed by atoms with Crippen molar-refractivity contribution in [1.29, 1.82) is 0 Å². The second-order valence-corrected chi connectivity index (χ2v) is 5.06. The molecule has 4 nitrogen and oxygen atoms in total. The predicted octanol–water partition coefficient (Wildman–Crippen LogP) is 2.47. The van der Waals surface area contributed by atoms with Crippen LogP contribution in [-0.2, 0) is 19.1 Å². The topological polar surface area (TPSA) is 52.6 Å². The Morgan fingerprint density at radius 1 is 1.06 bits per heavy atom. The summed E-state index contributed by atoms with van der Waals surface area (Å²) in [6.07, 6.45) is 1.16. The predicted molar refractivity (Wildman–Crippen MR) is 62.9 cm³/mol. The van der Waals surface area contributed by atoms with Gasteiger partial charge in [-0.05, 0) is 41.5 Å². The molecule has 0 aliphatic carbocycles. The molecule has 0 rings (SSSR count). The first-order valence-electron chi connectivity index (χ1n) is 4.98. The van der Waals surface area contributed by atoms with Crippen LogP contribution in [0.5, 0.6) is 0 Å². The second-order valence-electron chi connectivity index (χ2n) is 5.06. The zero-order chi connectivity index (χ0) is 13.4. The van der Waals surface area contributed by atoms with E-state index >= 15 is 0 Å². The van der Waals surface area contributed by atoms with Crippen LogP contribution in [-0.4, -0.2) is 23.6 Å². The van der Waals surface area contributed by atoms with Crippen molar-refractivity contribution in [2.75, 3.05) is 0 Å². The minimum absolute atomic E-state index is 0.318. The van der Waals surface area contributed by atoms with E-state index in [0.717, 1.165) is 6.08 Å². The molecular weight excluding hydrogens is 208 g/mol. The van der Waals surface area contributed by atoms with E-state index in [4.69, 9.17) is 4.74 Å². The highest BCUT2D eigenvalue weighted by Gasteiger charge is 2.12. The number of carbonyl (C=O) groups excluding carboxylic acids is 2. The van der Waals surface area contributed by atoms with Crippen molar-refractivity contribution in [3.05, 3.63) is 12.7 Å². The molecule has 94 valence electrons. The lowest BCUT2D eigenvalue weighted by molar-refractivity contribution is -0.148. The Hall–Kier alpha value is -1.32. The summed E-state index contributed by atoms with van der Waals surface area (Å²) in [5.41, 5.74) is -0.715. The monoisotopic (exact) mass is 230 g/mol. The van der Waals surface area contributed by atoms with Gasteiger partial charge < -0.3 is 9.47 Å². The average Bonchev–Trinajstić information content (AvgIpc) is 1.99. The quantitative estimate of drug-likeness (QED) is 0.415. The zero-order valence-electron chi connectivity index (χ0n) is 11.0.